The molecule has 1 N–H and O–H groups in total. The van der Waals surface area contributed by atoms with Crippen LogP contribution >= 0.6 is 11.8 Å². The molecule has 1 aromatic heterocycles. The number of aryl methyl sites for hydroxylation is 1. The molecule has 0 radical (unpaired) electrons. The maximum absolute atomic E-state index is 3.30. The maximum atomic E-state index is 3.30. The lowest BCUT2D eigenvalue weighted by Gasteiger charge is -1.98. The molecule has 3 heteroatoms. The number of imidazole rings is 1. The highest BCUT2D eigenvalue weighted by atomic mass is 32.2. The monoisotopic (exact) mass is 199 g/mol. The van der Waals surface area contributed by atoms with Gasteiger partial charge in [-0.05, 0) is 12.2 Å². The highest BCUT2D eigenvalue weighted by molar-refractivity contribution is 7.98. The van der Waals surface area contributed by atoms with Crippen molar-refractivity contribution >= 4 is 11.8 Å². The summed E-state index contributed by atoms with van der Waals surface area (Å²) in [5.41, 5.74) is 0. The van der Waals surface area contributed by atoms with Gasteiger partial charge in [0.05, 0.1) is 0 Å². The molecule has 0 saturated heterocycles. The minimum Gasteiger partial charge on any atom is -0.248 e. The third kappa shape index (κ3) is 3.43. The Morgan fingerprint density at radius 1 is 1.46 bits per heavy atom. The van der Waals surface area contributed by atoms with Gasteiger partial charge in [-0.25, -0.2) is 9.55 Å². The SMILES string of the molecule is CCCCc1[nH]cc[n+]1CSCC. The predicted octanol–water partition coefficient (Wildman–Crippen LogP) is 2.36. The summed E-state index contributed by atoms with van der Waals surface area (Å²) in [5, 5.41) is 0. The molecule has 0 saturated carbocycles. The van der Waals surface area contributed by atoms with Crippen LogP contribution in [0.25, 0.3) is 0 Å². The highest BCUT2D eigenvalue weighted by Gasteiger charge is 2.08. The van der Waals surface area contributed by atoms with E-state index in [-0.39, 0.29) is 0 Å². The topological polar surface area (TPSA) is 19.7 Å². The number of nitrogens with one attached hydrogen (secondary N) is 1. The van der Waals surface area contributed by atoms with Crippen LogP contribution in [0.5, 0.6) is 0 Å². The third-order valence-electron chi connectivity index (χ3n) is 2.05. The van der Waals surface area contributed by atoms with Crippen molar-refractivity contribution in [2.45, 2.75) is 39.0 Å². The van der Waals surface area contributed by atoms with E-state index in [1.54, 1.807) is 0 Å². The zero-order chi connectivity index (χ0) is 9.52. The van der Waals surface area contributed by atoms with E-state index in [0.29, 0.717) is 0 Å². The molecule has 0 aromatic carbocycles. The Kier molecular flexibility index (Phi) is 4.98. The Morgan fingerprint density at radius 2 is 2.31 bits per heavy atom. The molecule has 1 aromatic rings. The van der Waals surface area contributed by atoms with Gasteiger partial charge in [-0.2, -0.15) is 0 Å². The molecular formula is C10H19N2S+. The van der Waals surface area contributed by atoms with E-state index in [1.165, 1.54) is 30.8 Å². The smallest absolute Gasteiger partial charge is 0.248 e. The lowest BCUT2D eigenvalue weighted by atomic mass is 10.2. The summed E-state index contributed by atoms with van der Waals surface area (Å²) in [6, 6.07) is 0. The van der Waals surface area contributed by atoms with Crippen molar-refractivity contribution in [3.05, 3.63) is 18.2 Å². The number of hydrogen-bond donors (Lipinski definition) is 1. The Balaban J connectivity index is 2.45. The molecular weight excluding hydrogens is 180 g/mol. The van der Waals surface area contributed by atoms with Gasteiger partial charge in [0.1, 0.15) is 18.3 Å². The van der Waals surface area contributed by atoms with Crippen LogP contribution in [0.1, 0.15) is 32.5 Å². The molecule has 0 fully saturated rings. The van der Waals surface area contributed by atoms with Gasteiger partial charge < -0.3 is 0 Å². The molecule has 0 aliphatic carbocycles. The van der Waals surface area contributed by atoms with Crippen LogP contribution in [0.15, 0.2) is 12.4 Å². The fraction of sp³-hybridized carbons (Fsp3) is 0.700. The van der Waals surface area contributed by atoms with E-state index < -0.39 is 0 Å². The number of hydrogen-bond acceptors (Lipinski definition) is 1. The molecule has 0 unspecified atom stereocenters. The quantitative estimate of drug-likeness (QED) is 0.697. The van der Waals surface area contributed by atoms with Crippen molar-refractivity contribution < 1.29 is 4.57 Å². The van der Waals surface area contributed by atoms with Crippen LogP contribution in [-0.4, -0.2) is 10.7 Å². The minimum atomic E-state index is 1.08. The normalized spacial score (nSPS) is 10.6. The molecule has 1 heterocycles. The molecule has 13 heavy (non-hydrogen) atoms. The highest BCUT2D eigenvalue weighted by Crippen LogP contribution is 2.01. The van der Waals surface area contributed by atoms with Gasteiger partial charge in [0, 0.05) is 6.42 Å². The zero-order valence-corrected chi connectivity index (χ0v) is 9.36. The van der Waals surface area contributed by atoms with Gasteiger partial charge in [0.15, 0.2) is 0 Å². The second kappa shape index (κ2) is 6.08. The molecule has 0 atom stereocenters. The van der Waals surface area contributed by atoms with Gasteiger partial charge in [0.25, 0.3) is 5.82 Å². The van der Waals surface area contributed by atoms with Crippen molar-refractivity contribution in [3.63, 3.8) is 0 Å². The summed E-state index contributed by atoms with van der Waals surface area (Å²) in [6.45, 7) is 4.43. The molecule has 2 nitrogen and oxygen atoms in total. The van der Waals surface area contributed by atoms with E-state index >= 15 is 0 Å². The summed E-state index contributed by atoms with van der Waals surface area (Å²) in [4.78, 5) is 3.30. The standard InChI is InChI=1S/C10H18N2S/c1-3-5-6-10-11-7-8-12(10)9-13-4-2/h7-8H,3-6,9H2,1-2H3/p+1. The number of aromatic nitrogens is 2. The number of nitrogens with zero attached hydrogens (tertiary/aromatic N) is 1. The first-order valence-electron chi connectivity index (χ1n) is 5.02. The molecule has 0 aliphatic rings. The summed E-state index contributed by atoms with van der Waals surface area (Å²) >= 11 is 1.96. The first kappa shape index (κ1) is 10.6. The predicted molar refractivity (Wildman–Crippen MR) is 57.7 cm³/mol. The largest absolute Gasteiger partial charge is 0.254 e. The number of rotatable bonds is 6. The Labute approximate surface area is 84.7 Å². The van der Waals surface area contributed by atoms with Crippen molar-refractivity contribution in [1.82, 2.24) is 4.98 Å². The van der Waals surface area contributed by atoms with E-state index in [2.05, 4.69) is 29.6 Å². The fourth-order valence-electron chi connectivity index (χ4n) is 1.27. The maximum Gasteiger partial charge on any atom is 0.254 e. The van der Waals surface area contributed by atoms with Gasteiger partial charge in [-0.1, -0.05) is 20.3 Å². The average Bonchev–Trinajstić information content (AvgIpc) is 2.59. The van der Waals surface area contributed by atoms with Crippen LogP contribution in [-0.2, 0) is 12.3 Å². The van der Waals surface area contributed by atoms with Crippen molar-refractivity contribution in [1.29, 1.82) is 0 Å². The van der Waals surface area contributed by atoms with E-state index in [4.69, 9.17) is 0 Å². The van der Waals surface area contributed by atoms with Gasteiger partial charge in [0.2, 0.25) is 0 Å². The molecule has 0 amide bonds. The van der Waals surface area contributed by atoms with Gasteiger partial charge in [-0.15, -0.1) is 11.8 Å². The van der Waals surface area contributed by atoms with Crippen molar-refractivity contribution in [2.75, 3.05) is 5.75 Å². The first-order valence-corrected chi connectivity index (χ1v) is 6.17. The molecule has 0 aliphatic heterocycles. The van der Waals surface area contributed by atoms with Crippen LogP contribution in [0.3, 0.4) is 0 Å². The average molecular weight is 199 g/mol. The number of unbranched alkanes of at least 4 members (excludes halogenated alkanes) is 1. The van der Waals surface area contributed by atoms with E-state index in [9.17, 15) is 0 Å². The molecule has 0 spiro atoms. The second-order valence-electron chi connectivity index (χ2n) is 3.10. The van der Waals surface area contributed by atoms with Gasteiger partial charge >= 0.3 is 0 Å². The van der Waals surface area contributed by atoms with Crippen LogP contribution in [0.2, 0.25) is 0 Å². The molecule has 0 bridgehead atoms. The fourth-order valence-corrected chi connectivity index (χ4v) is 1.89. The number of thioether (sulfide) groups is 1. The lowest BCUT2D eigenvalue weighted by molar-refractivity contribution is -0.682. The zero-order valence-electron chi connectivity index (χ0n) is 8.55. The molecule has 74 valence electrons. The van der Waals surface area contributed by atoms with E-state index in [0.717, 1.165) is 5.88 Å². The minimum absolute atomic E-state index is 1.08. The summed E-state index contributed by atoms with van der Waals surface area (Å²) in [7, 11) is 0. The van der Waals surface area contributed by atoms with Crippen molar-refractivity contribution in [2.24, 2.45) is 0 Å². The lowest BCUT2D eigenvalue weighted by Crippen LogP contribution is -2.34. The Morgan fingerprint density at radius 3 is 3.00 bits per heavy atom. The van der Waals surface area contributed by atoms with E-state index in [1.807, 2.05) is 18.0 Å². The van der Waals surface area contributed by atoms with Crippen LogP contribution in [0.4, 0.5) is 0 Å². The first-order chi connectivity index (χ1) is 6.38. The Bertz CT molecular complexity index is 210. The summed E-state index contributed by atoms with van der Waals surface area (Å²) in [5.74, 6) is 3.63. The summed E-state index contributed by atoms with van der Waals surface area (Å²) in [6.07, 6.45) is 7.87. The number of H-pyrrole nitrogens is 1. The third-order valence-corrected chi connectivity index (χ3v) is 2.92. The molecule has 1 rings (SSSR count). The van der Waals surface area contributed by atoms with Crippen LogP contribution in [0, 0.1) is 0 Å². The van der Waals surface area contributed by atoms with Gasteiger partial charge in [-0.3, -0.25) is 0 Å². The Hall–Kier alpha value is -0.440. The van der Waals surface area contributed by atoms with Crippen LogP contribution < -0.4 is 4.57 Å². The number of aromatic amines is 1. The second-order valence-corrected chi connectivity index (χ2v) is 4.35. The summed E-state index contributed by atoms with van der Waals surface area (Å²) < 4.78 is 2.31. The van der Waals surface area contributed by atoms with Crippen molar-refractivity contribution in [3.8, 4) is 0 Å².